The third kappa shape index (κ3) is 3.96. The van der Waals surface area contributed by atoms with Crippen molar-refractivity contribution >= 4 is 0 Å². The normalized spacial score (nSPS) is 35.8. The van der Waals surface area contributed by atoms with Crippen LogP contribution in [-0.4, -0.2) is 36.1 Å². The van der Waals surface area contributed by atoms with E-state index in [4.69, 9.17) is 9.47 Å². The molecule has 1 aliphatic carbocycles. The van der Waals surface area contributed by atoms with Crippen LogP contribution in [0.2, 0.25) is 0 Å². The predicted octanol–water partition coefficient (Wildman–Crippen LogP) is 4.08. The van der Waals surface area contributed by atoms with Crippen molar-refractivity contribution in [3.8, 4) is 0 Å². The summed E-state index contributed by atoms with van der Waals surface area (Å²) in [6.45, 7) is 7.35. The van der Waals surface area contributed by atoms with Crippen LogP contribution in [0.1, 0.15) is 59.3 Å². The maximum atomic E-state index is 9.59. The highest BCUT2D eigenvalue weighted by Crippen LogP contribution is 2.43. The molecule has 0 aromatic heterocycles. The highest BCUT2D eigenvalue weighted by Gasteiger charge is 2.50. The summed E-state index contributed by atoms with van der Waals surface area (Å²) in [6, 6.07) is 0. The van der Waals surface area contributed by atoms with Crippen LogP contribution in [0.3, 0.4) is 0 Å². The van der Waals surface area contributed by atoms with E-state index >= 15 is 0 Å². The van der Waals surface area contributed by atoms with E-state index in [1.54, 1.807) is 0 Å². The summed E-state index contributed by atoms with van der Waals surface area (Å²) in [4.78, 5) is 0. The first-order valence-corrected chi connectivity index (χ1v) is 8.96. The summed E-state index contributed by atoms with van der Waals surface area (Å²) in [5.41, 5.74) is 5.27. The van der Waals surface area contributed by atoms with Crippen molar-refractivity contribution in [1.29, 1.82) is 0 Å². The van der Waals surface area contributed by atoms with E-state index in [0.29, 0.717) is 12.7 Å². The molecule has 3 aliphatic rings. The Morgan fingerprint density at radius 1 is 1.22 bits per heavy atom. The van der Waals surface area contributed by atoms with Crippen molar-refractivity contribution in [2.45, 2.75) is 77.1 Å². The van der Waals surface area contributed by atoms with Crippen molar-refractivity contribution in [2.75, 3.05) is 13.2 Å². The minimum atomic E-state index is 0.0550. The van der Waals surface area contributed by atoms with Gasteiger partial charge in [-0.05, 0) is 70.4 Å². The van der Waals surface area contributed by atoms with Crippen LogP contribution in [0.25, 0.3) is 0 Å². The SMILES string of the molecule is CC1=CCCC2(C)OC2CCC(C)=CC2OCC(CO)=C2CC1. The van der Waals surface area contributed by atoms with E-state index in [2.05, 4.69) is 32.9 Å². The smallest absolute Gasteiger partial charge is 0.0978 e. The van der Waals surface area contributed by atoms with Crippen LogP contribution in [-0.2, 0) is 9.47 Å². The molecule has 0 aromatic carbocycles. The Hall–Kier alpha value is -0.900. The Morgan fingerprint density at radius 2 is 2.04 bits per heavy atom. The number of aliphatic hydroxyl groups excluding tert-OH is 1. The van der Waals surface area contributed by atoms with Gasteiger partial charge < -0.3 is 14.6 Å². The quantitative estimate of drug-likeness (QED) is 0.585. The van der Waals surface area contributed by atoms with Crippen LogP contribution in [0, 0.1) is 0 Å². The van der Waals surface area contributed by atoms with Crippen LogP contribution in [0.5, 0.6) is 0 Å². The number of aliphatic hydroxyl groups is 1. The molecule has 0 bridgehead atoms. The summed E-state index contributed by atoms with van der Waals surface area (Å²) < 4.78 is 11.9. The van der Waals surface area contributed by atoms with Gasteiger partial charge in [-0.15, -0.1) is 0 Å². The summed E-state index contributed by atoms with van der Waals surface area (Å²) >= 11 is 0. The highest BCUT2D eigenvalue weighted by molar-refractivity contribution is 5.30. The van der Waals surface area contributed by atoms with Gasteiger partial charge in [-0.1, -0.05) is 23.3 Å². The fourth-order valence-electron chi connectivity index (χ4n) is 3.81. The summed E-state index contributed by atoms with van der Waals surface area (Å²) in [5.74, 6) is 0. The monoisotopic (exact) mass is 318 g/mol. The van der Waals surface area contributed by atoms with E-state index in [1.807, 2.05) is 0 Å². The Bertz CT molecular complexity index is 543. The van der Waals surface area contributed by atoms with Gasteiger partial charge in [-0.2, -0.15) is 0 Å². The lowest BCUT2D eigenvalue weighted by atomic mass is 9.92. The van der Waals surface area contributed by atoms with Gasteiger partial charge in [-0.3, -0.25) is 0 Å². The zero-order valence-corrected chi connectivity index (χ0v) is 14.7. The molecule has 3 atom stereocenters. The van der Waals surface area contributed by atoms with E-state index in [0.717, 1.165) is 44.1 Å². The van der Waals surface area contributed by atoms with E-state index < -0.39 is 0 Å². The van der Waals surface area contributed by atoms with Crippen molar-refractivity contribution in [3.05, 3.63) is 34.4 Å². The first-order valence-electron chi connectivity index (χ1n) is 8.96. The molecular formula is C20H30O3. The predicted molar refractivity (Wildman–Crippen MR) is 92.3 cm³/mol. The lowest BCUT2D eigenvalue weighted by molar-refractivity contribution is 0.146. The molecule has 3 nitrogen and oxygen atoms in total. The number of ether oxygens (including phenoxy) is 2. The molecule has 23 heavy (non-hydrogen) atoms. The van der Waals surface area contributed by atoms with Crippen LogP contribution >= 0.6 is 0 Å². The van der Waals surface area contributed by atoms with Gasteiger partial charge in [0.1, 0.15) is 0 Å². The maximum Gasteiger partial charge on any atom is 0.0978 e. The minimum Gasteiger partial charge on any atom is -0.392 e. The van der Waals surface area contributed by atoms with Crippen molar-refractivity contribution in [3.63, 3.8) is 0 Å². The van der Waals surface area contributed by atoms with Gasteiger partial charge in [0.05, 0.1) is 31.0 Å². The topological polar surface area (TPSA) is 42.0 Å². The first kappa shape index (κ1) is 16.9. The fourth-order valence-corrected chi connectivity index (χ4v) is 3.81. The molecule has 1 N–H and O–H groups in total. The molecule has 2 heterocycles. The summed E-state index contributed by atoms with van der Waals surface area (Å²) in [7, 11) is 0. The standard InChI is InChI=1S/C20H30O3/c1-14-5-4-10-20(3)19(23-20)9-7-15(2)11-18-17(8-6-14)16(12-21)13-22-18/h5,11,18-19,21H,4,6-10,12-13H2,1-3H3. The molecule has 0 amide bonds. The van der Waals surface area contributed by atoms with Gasteiger partial charge in [0.2, 0.25) is 0 Å². The molecule has 0 spiro atoms. The van der Waals surface area contributed by atoms with Crippen LogP contribution in [0.4, 0.5) is 0 Å². The number of hydrogen-bond acceptors (Lipinski definition) is 3. The third-order valence-corrected chi connectivity index (χ3v) is 5.62. The number of fused-ring (bicyclic) bond motifs is 2. The number of rotatable bonds is 1. The molecule has 0 radical (unpaired) electrons. The lowest BCUT2D eigenvalue weighted by Gasteiger charge is -2.14. The fraction of sp³-hybridized carbons (Fsp3) is 0.700. The largest absolute Gasteiger partial charge is 0.392 e. The molecule has 0 aromatic rings. The number of hydrogen-bond donors (Lipinski definition) is 1. The van der Waals surface area contributed by atoms with Crippen LogP contribution in [0.15, 0.2) is 34.4 Å². The molecule has 0 saturated carbocycles. The zero-order chi connectivity index (χ0) is 16.4. The van der Waals surface area contributed by atoms with Crippen LogP contribution < -0.4 is 0 Å². The second-order valence-electron chi connectivity index (χ2n) is 7.58. The number of allylic oxidation sites excluding steroid dienone is 3. The Labute approximate surface area is 140 Å². The molecule has 3 heteroatoms. The van der Waals surface area contributed by atoms with E-state index in [-0.39, 0.29) is 18.3 Å². The van der Waals surface area contributed by atoms with Crippen molar-refractivity contribution < 1.29 is 14.6 Å². The van der Waals surface area contributed by atoms with E-state index in [1.165, 1.54) is 16.7 Å². The van der Waals surface area contributed by atoms with Gasteiger partial charge >= 0.3 is 0 Å². The van der Waals surface area contributed by atoms with Gasteiger partial charge in [0.15, 0.2) is 0 Å². The van der Waals surface area contributed by atoms with Crippen molar-refractivity contribution in [1.82, 2.24) is 0 Å². The average molecular weight is 318 g/mol. The molecule has 3 unspecified atom stereocenters. The zero-order valence-electron chi connectivity index (χ0n) is 14.7. The average Bonchev–Trinajstić information content (AvgIpc) is 3.00. The molecule has 2 aliphatic heterocycles. The molecular weight excluding hydrogens is 288 g/mol. The second-order valence-corrected chi connectivity index (χ2v) is 7.58. The van der Waals surface area contributed by atoms with Gasteiger partial charge in [-0.25, -0.2) is 0 Å². The molecule has 1 fully saturated rings. The molecule has 128 valence electrons. The van der Waals surface area contributed by atoms with Gasteiger partial charge in [0, 0.05) is 0 Å². The van der Waals surface area contributed by atoms with E-state index in [9.17, 15) is 5.11 Å². The minimum absolute atomic E-state index is 0.0550. The van der Waals surface area contributed by atoms with Crippen molar-refractivity contribution in [2.24, 2.45) is 0 Å². The summed E-state index contributed by atoms with van der Waals surface area (Å²) in [6.07, 6.45) is 11.5. The second kappa shape index (κ2) is 6.92. The Morgan fingerprint density at radius 3 is 2.83 bits per heavy atom. The molecule has 1 saturated heterocycles. The number of epoxide rings is 1. The lowest BCUT2D eigenvalue weighted by Crippen LogP contribution is -2.11. The Kier molecular flexibility index (Phi) is 5.10. The maximum absolute atomic E-state index is 9.59. The summed E-state index contributed by atoms with van der Waals surface area (Å²) in [5, 5.41) is 9.59. The molecule has 3 rings (SSSR count). The highest BCUT2D eigenvalue weighted by atomic mass is 16.6. The third-order valence-electron chi connectivity index (χ3n) is 5.62. The van der Waals surface area contributed by atoms with Gasteiger partial charge in [0.25, 0.3) is 0 Å². The Balaban J connectivity index is 1.78. The first-order chi connectivity index (χ1) is 11.0.